The van der Waals surface area contributed by atoms with Crippen molar-refractivity contribution in [1.29, 1.82) is 0 Å². The van der Waals surface area contributed by atoms with Crippen LogP contribution < -0.4 is 11.1 Å². The van der Waals surface area contributed by atoms with Crippen LogP contribution >= 0.6 is 0 Å². The Kier molecular flexibility index (Phi) is 2.73. The molecule has 1 aliphatic carbocycles. The van der Waals surface area contributed by atoms with E-state index in [0.29, 0.717) is 0 Å². The molecule has 0 fully saturated rings. The fourth-order valence-electron chi connectivity index (χ4n) is 3.86. The van der Waals surface area contributed by atoms with Crippen molar-refractivity contribution in [3.63, 3.8) is 0 Å². The van der Waals surface area contributed by atoms with Gasteiger partial charge in [-0.1, -0.05) is 24.3 Å². The second-order valence-corrected chi connectivity index (χ2v) is 6.23. The number of aliphatic hydroxyl groups is 1. The molecule has 4 N–H and O–H groups in total. The van der Waals surface area contributed by atoms with Crippen molar-refractivity contribution < 1.29 is 5.11 Å². The van der Waals surface area contributed by atoms with Gasteiger partial charge in [-0.25, -0.2) is 0 Å². The number of para-hydroxylation sites is 1. The van der Waals surface area contributed by atoms with E-state index in [4.69, 9.17) is 5.73 Å². The average Bonchev–Trinajstić information content (AvgIpc) is 2.84. The molecule has 0 amide bonds. The summed E-state index contributed by atoms with van der Waals surface area (Å²) in [5, 5.41) is 14.8. The Labute approximate surface area is 124 Å². The third-order valence-electron chi connectivity index (χ3n) is 5.00. The van der Waals surface area contributed by atoms with Crippen molar-refractivity contribution in [2.45, 2.75) is 37.3 Å². The second kappa shape index (κ2) is 4.50. The molecule has 0 aromatic heterocycles. The molecule has 0 bridgehead atoms. The lowest BCUT2D eigenvalue weighted by Crippen LogP contribution is -2.45. The summed E-state index contributed by atoms with van der Waals surface area (Å²) in [5.41, 5.74) is 10.6. The largest absolute Gasteiger partial charge is 0.399 e. The molecule has 2 aromatic carbocycles. The van der Waals surface area contributed by atoms with Gasteiger partial charge in [-0.2, -0.15) is 0 Å². The van der Waals surface area contributed by atoms with Gasteiger partial charge in [-0.3, -0.25) is 0 Å². The normalized spacial score (nSPS) is 26.8. The molecule has 108 valence electrons. The predicted octanol–water partition coefficient (Wildman–Crippen LogP) is 2.83. The van der Waals surface area contributed by atoms with E-state index in [0.717, 1.165) is 42.6 Å². The molecule has 0 saturated carbocycles. The number of rotatable bonds is 1. The Hall–Kier alpha value is -2.00. The van der Waals surface area contributed by atoms with Crippen LogP contribution in [0.4, 0.5) is 11.4 Å². The summed E-state index contributed by atoms with van der Waals surface area (Å²) >= 11 is 0. The van der Waals surface area contributed by atoms with E-state index >= 15 is 0 Å². The molecule has 3 nitrogen and oxygen atoms in total. The van der Waals surface area contributed by atoms with E-state index in [1.807, 2.05) is 24.3 Å². The van der Waals surface area contributed by atoms with Crippen LogP contribution in [-0.2, 0) is 18.4 Å². The summed E-state index contributed by atoms with van der Waals surface area (Å²) in [5.74, 6) is 0. The molecule has 0 radical (unpaired) electrons. The van der Waals surface area contributed by atoms with Crippen molar-refractivity contribution in [3.8, 4) is 0 Å². The summed E-state index contributed by atoms with van der Waals surface area (Å²) in [6.45, 7) is 0. The van der Waals surface area contributed by atoms with Crippen molar-refractivity contribution in [3.05, 3.63) is 59.2 Å². The molecule has 1 heterocycles. The van der Waals surface area contributed by atoms with Crippen LogP contribution in [-0.4, -0.2) is 11.1 Å². The number of nitrogen functional groups attached to an aromatic ring is 1. The van der Waals surface area contributed by atoms with Gasteiger partial charge in [0.25, 0.3) is 0 Å². The highest BCUT2D eigenvalue weighted by molar-refractivity contribution is 5.56. The molecule has 4 rings (SSSR count). The first-order valence-electron chi connectivity index (χ1n) is 7.62. The number of aryl methyl sites for hydroxylation is 2. The van der Waals surface area contributed by atoms with Crippen molar-refractivity contribution in [1.82, 2.24) is 0 Å². The number of benzene rings is 2. The maximum Gasteiger partial charge on any atom is 0.110 e. The summed E-state index contributed by atoms with van der Waals surface area (Å²) in [6.07, 6.45) is 3.64. The number of nitrogens with two attached hydrogens (primary N) is 1. The Bertz CT molecular complexity index is 697. The SMILES string of the molecule is Nc1ccc2c(c1)CCC2(O)C1CCc2ccccc2N1. The van der Waals surface area contributed by atoms with E-state index in [9.17, 15) is 5.11 Å². The molecule has 2 aromatic rings. The number of nitrogens with one attached hydrogen (secondary N) is 1. The molecule has 2 unspecified atom stereocenters. The molecule has 1 aliphatic heterocycles. The Morgan fingerprint density at radius 1 is 1.10 bits per heavy atom. The third-order valence-corrected chi connectivity index (χ3v) is 5.00. The third kappa shape index (κ3) is 1.92. The smallest absolute Gasteiger partial charge is 0.110 e. The Morgan fingerprint density at radius 2 is 1.95 bits per heavy atom. The molecule has 0 spiro atoms. The van der Waals surface area contributed by atoms with E-state index in [-0.39, 0.29) is 6.04 Å². The highest BCUT2D eigenvalue weighted by Gasteiger charge is 2.44. The summed E-state index contributed by atoms with van der Waals surface area (Å²) in [4.78, 5) is 0. The quantitative estimate of drug-likeness (QED) is 0.704. The van der Waals surface area contributed by atoms with Crippen LogP contribution in [0, 0.1) is 0 Å². The summed E-state index contributed by atoms with van der Waals surface area (Å²) < 4.78 is 0. The van der Waals surface area contributed by atoms with E-state index in [1.54, 1.807) is 0 Å². The highest BCUT2D eigenvalue weighted by Crippen LogP contribution is 2.44. The second-order valence-electron chi connectivity index (χ2n) is 6.23. The van der Waals surface area contributed by atoms with E-state index < -0.39 is 5.60 Å². The summed E-state index contributed by atoms with van der Waals surface area (Å²) in [7, 11) is 0. The van der Waals surface area contributed by atoms with Crippen LogP contribution in [0.2, 0.25) is 0 Å². The molecular formula is C18H20N2O. The van der Waals surface area contributed by atoms with Gasteiger partial charge < -0.3 is 16.2 Å². The minimum absolute atomic E-state index is 0.0669. The van der Waals surface area contributed by atoms with Gasteiger partial charge in [-0.05, 0) is 60.6 Å². The number of hydrogen-bond acceptors (Lipinski definition) is 3. The van der Waals surface area contributed by atoms with Crippen molar-refractivity contribution >= 4 is 11.4 Å². The van der Waals surface area contributed by atoms with Gasteiger partial charge >= 0.3 is 0 Å². The van der Waals surface area contributed by atoms with Crippen molar-refractivity contribution in [2.75, 3.05) is 11.1 Å². The zero-order valence-corrected chi connectivity index (χ0v) is 12.0. The fraction of sp³-hybridized carbons (Fsp3) is 0.333. The van der Waals surface area contributed by atoms with Crippen LogP contribution in [0.3, 0.4) is 0 Å². The highest BCUT2D eigenvalue weighted by atomic mass is 16.3. The molecule has 0 saturated heterocycles. The monoisotopic (exact) mass is 280 g/mol. The zero-order valence-electron chi connectivity index (χ0n) is 12.0. The fourth-order valence-corrected chi connectivity index (χ4v) is 3.86. The Morgan fingerprint density at radius 3 is 2.86 bits per heavy atom. The molecule has 3 heteroatoms. The lowest BCUT2D eigenvalue weighted by molar-refractivity contribution is 0.0147. The van der Waals surface area contributed by atoms with Gasteiger partial charge in [0.15, 0.2) is 0 Å². The molecule has 2 atom stereocenters. The number of anilines is 2. The molecule has 21 heavy (non-hydrogen) atoms. The summed E-state index contributed by atoms with van der Waals surface area (Å²) in [6, 6.07) is 14.3. The Balaban J connectivity index is 1.70. The van der Waals surface area contributed by atoms with Gasteiger partial charge in [0.05, 0.1) is 6.04 Å². The first kappa shape index (κ1) is 12.7. The average molecular weight is 280 g/mol. The molecular weight excluding hydrogens is 260 g/mol. The number of hydrogen-bond donors (Lipinski definition) is 3. The minimum atomic E-state index is -0.781. The van der Waals surface area contributed by atoms with Crippen LogP contribution in [0.15, 0.2) is 42.5 Å². The maximum absolute atomic E-state index is 11.3. The van der Waals surface area contributed by atoms with Crippen LogP contribution in [0.25, 0.3) is 0 Å². The van der Waals surface area contributed by atoms with Crippen molar-refractivity contribution in [2.24, 2.45) is 0 Å². The van der Waals surface area contributed by atoms with Gasteiger partial charge in [0.2, 0.25) is 0 Å². The standard InChI is InChI=1S/C18H20N2O/c19-14-6-7-15-13(11-14)9-10-18(15,21)17-8-5-12-3-1-2-4-16(12)20-17/h1-4,6-7,11,17,20-21H,5,8-10,19H2. The van der Waals surface area contributed by atoms with E-state index in [1.165, 1.54) is 11.1 Å². The van der Waals surface area contributed by atoms with Gasteiger partial charge in [0.1, 0.15) is 5.60 Å². The predicted molar refractivity (Wildman–Crippen MR) is 85.2 cm³/mol. The lowest BCUT2D eigenvalue weighted by Gasteiger charge is -2.38. The van der Waals surface area contributed by atoms with Gasteiger partial charge in [0, 0.05) is 11.4 Å². The maximum atomic E-state index is 11.3. The topological polar surface area (TPSA) is 58.3 Å². The van der Waals surface area contributed by atoms with Gasteiger partial charge in [-0.15, -0.1) is 0 Å². The first-order valence-corrected chi connectivity index (χ1v) is 7.62. The minimum Gasteiger partial charge on any atom is -0.399 e. The number of fused-ring (bicyclic) bond motifs is 2. The zero-order chi connectivity index (χ0) is 14.4. The van der Waals surface area contributed by atoms with E-state index in [2.05, 4.69) is 23.5 Å². The lowest BCUT2D eigenvalue weighted by atomic mass is 9.82. The van der Waals surface area contributed by atoms with Crippen LogP contribution in [0.1, 0.15) is 29.5 Å². The first-order chi connectivity index (χ1) is 10.2. The molecule has 2 aliphatic rings. The van der Waals surface area contributed by atoms with Crippen LogP contribution in [0.5, 0.6) is 0 Å².